The van der Waals surface area contributed by atoms with E-state index in [1.807, 2.05) is 48.5 Å². The summed E-state index contributed by atoms with van der Waals surface area (Å²) in [6.45, 7) is 3.90. The molecule has 0 radical (unpaired) electrons. The van der Waals surface area contributed by atoms with Gasteiger partial charge in [0, 0.05) is 26.7 Å². The number of thiazole rings is 1. The maximum Gasteiger partial charge on any atom is 0.338 e. The van der Waals surface area contributed by atoms with Gasteiger partial charge in [-0.25, -0.2) is 9.79 Å². The Bertz CT molecular complexity index is 1840. The average molecular weight is 610 g/mol. The summed E-state index contributed by atoms with van der Waals surface area (Å²) in [5.74, 6) is 0.593. The Kier molecular flexibility index (Phi) is 8.63. The van der Waals surface area contributed by atoms with Gasteiger partial charge >= 0.3 is 5.97 Å². The number of para-hydroxylation sites is 2. The summed E-state index contributed by atoms with van der Waals surface area (Å²) in [5, 5.41) is 1.05. The summed E-state index contributed by atoms with van der Waals surface area (Å²) in [4.78, 5) is 32.3. The predicted molar refractivity (Wildman–Crippen MR) is 161 cm³/mol. The second-order valence-corrected chi connectivity index (χ2v) is 11.0. The minimum Gasteiger partial charge on any atom is -0.496 e. The molecule has 0 fully saturated rings. The number of methoxy groups -OCH3 is 1. The van der Waals surface area contributed by atoms with Crippen molar-refractivity contribution in [2.24, 2.45) is 4.99 Å². The van der Waals surface area contributed by atoms with Crippen LogP contribution in [0.15, 0.2) is 87.8 Å². The predicted octanol–water partition coefficient (Wildman–Crippen LogP) is 5.69. The molecule has 41 heavy (non-hydrogen) atoms. The highest BCUT2D eigenvalue weighted by Crippen LogP contribution is 2.35. The summed E-state index contributed by atoms with van der Waals surface area (Å²) >= 11 is 13.6. The summed E-state index contributed by atoms with van der Waals surface area (Å²) in [6.07, 6.45) is 1.77. The third kappa shape index (κ3) is 5.81. The Morgan fingerprint density at radius 3 is 2.54 bits per heavy atom. The van der Waals surface area contributed by atoms with Gasteiger partial charge in [0.2, 0.25) is 0 Å². The summed E-state index contributed by atoms with van der Waals surface area (Å²) < 4.78 is 19.1. The Hall–Kier alpha value is -3.85. The number of fused-ring (bicyclic) bond motifs is 1. The SMILES string of the molecule is CCOC(=O)C1=C(C)N=c2s/c(=C/c3ccccc3OCc3ccc(Cl)cc3Cl)c(=O)n2[C@@H]1c1ccccc1OC. The van der Waals surface area contributed by atoms with E-state index < -0.39 is 12.0 Å². The molecular formula is C31H26Cl2N2O5S. The van der Waals surface area contributed by atoms with Crippen molar-refractivity contribution >= 4 is 46.6 Å². The first kappa shape index (κ1) is 28.7. The van der Waals surface area contributed by atoms with Crippen LogP contribution in [0.1, 0.15) is 36.6 Å². The fourth-order valence-electron chi connectivity index (χ4n) is 4.64. The summed E-state index contributed by atoms with van der Waals surface area (Å²) in [6, 6.07) is 19.2. The number of hydrogen-bond acceptors (Lipinski definition) is 7. The van der Waals surface area contributed by atoms with Gasteiger partial charge in [-0.05, 0) is 44.2 Å². The number of aromatic nitrogens is 1. The van der Waals surface area contributed by atoms with E-state index >= 15 is 0 Å². The topological polar surface area (TPSA) is 79.1 Å². The number of allylic oxidation sites excluding steroid dienone is 1. The van der Waals surface area contributed by atoms with Crippen LogP contribution in [-0.4, -0.2) is 24.3 Å². The largest absolute Gasteiger partial charge is 0.496 e. The molecule has 5 rings (SSSR count). The Labute approximate surface area is 250 Å². The zero-order chi connectivity index (χ0) is 29.1. The van der Waals surface area contributed by atoms with Crippen molar-refractivity contribution in [3.05, 3.63) is 124 Å². The second-order valence-electron chi connectivity index (χ2n) is 9.11. The van der Waals surface area contributed by atoms with E-state index in [2.05, 4.69) is 4.99 Å². The summed E-state index contributed by atoms with van der Waals surface area (Å²) in [5.41, 5.74) is 2.62. The Morgan fingerprint density at radius 2 is 1.80 bits per heavy atom. The van der Waals surface area contributed by atoms with Crippen LogP contribution >= 0.6 is 34.5 Å². The number of nitrogens with zero attached hydrogens (tertiary/aromatic N) is 2. The Balaban J connectivity index is 1.61. The quantitative estimate of drug-likeness (QED) is 0.240. The molecule has 210 valence electrons. The maximum atomic E-state index is 14.0. The van der Waals surface area contributed by atoms with Gasteiger partial charge < -0.3 is 14.2 Å². The van der Waals surface area contributed by atoms with E-state index in [0.29, 0.717) is 53.3 Å². The maximum absolute atomic E-state index is 14.0. The number of benzene rings is 3. The van der Waals surface area contributed by atoms with Crippen LogP contribution in [-0.2, 0) is 16.1 Å². The molecule has 0 bridgehead atoms. The van der Waals surface area contributed by atoms with Gasteiger partial charge in [-0.3, -0.25) is 9.36 Å². The molecule has 0 saturated heterocycles. The van der Waals surface area contributed by atoms with Crippen LogP contribution in [0.2, 0.25) is 10.0 Å². The Morgan fingerprint density at radius 1 is 1.07 bits per heavy atom. The lowest BCUT2D eigenvalue weighted by Gasteiger charge is -2.25. The highest BCUT2D eigenvalue weighted by atomic mass is 35.5. The van der Waals surface area contributed by atoms with Crippen molar-refractivity contribution < 1.29 is 19.0 Å². The molecular weight excluding hydrogens is 583 g/mol. The van der Waals surface area contributed by atoms with Crippen LogP contribution in [0, 0.1) is 0 Å². The zero-order valence-corrected chi connectivity index (χ0v) is 24.8. The second kappa shape index (κ2) is 12.3. The van der Waals surface area contributed by atoms with Gasteiger partial charge in [0.1, 0.15) is 24.1 Å². The van der Waals surface area contributed by atoms with Gasteiger partial charge in [-0.1, -0.05) is 77.0 Å². The average Bonchev–Trinajstić information content (AvgIpc) is 3.26. The van der Waals surface area contributed by atoms with Crippen molar-refractivity contribution in [1.29, 1.82) is 0 Å². The van der Waals surface area contributed by atoms with Crippen LogP contribution < -0.4 is 24.4 Å². The number of halogens is 2. The molecule has 1 aromatic heterocycles. The van der Waals surface area contributed by atoms with E-state index in [1.165, 1.54) is 15.9 Å². The lowest BCUT2D eigenvalue weighted by atomic mass is 9.95. The fraction of sp³-hybridized carbons (Fsp3) is 0.194. The van der Waals surface area contributed by atoms with Gasteiger partial charge in [-0.15, -0.1) is 0 Å². The van der Waals surface area contributed by atoms with Gasteiger partial charge in [0.15, 0.2) is 4.80 Å². The molecule has 7 nitrogen and oxygen atoms in total. The molecule has 1 aliphatic rings. The lowest BCUT2D eigenvalue weighted by Crippen LogP contribution is -2.40. The lowest BCUT2D eigenvalue weighted by molar-refractivity contribution is -0.139. The van der Waals surface area contributed by atoms with Crippen LogP contribution in [0.3, 0.4) is 0 Å². The van der Waals surface area contributed by atoms with E-state index in [4.69, 9.17) is 37.4 Å². The van der Waals surface area contributed by atoms with Crippen molar-refractivity contribution in [3.63, 3.8) is 0 Å². The number of ether oxygens (including phenoxy) is 3. The molecule has 0 saturated carbocycles. The molecule has 10 heteroatoms. The summed E-state index contributed by atoms with van der Waals surface area (Å²) in [7, 11) is 1.55. The number of carbonyl (C=O) groups is 1. The van der Waals surface area contributed by atoms with E-state index in [-0.39, 0.29) is 18.8 Å². The van der Waals surface area contributed by atoms with Crippen molar-refractivity contribution in [2.45, 2.75) is 26.5 Å². The minimum atomic E-state index is -0.776. The highest BCUT2D eigenvalue weighted by molar-refractivity contribution is 7.07. The molecule has 0 unspecified atom stereocenters. The molecule has 2 heterocycles. The van der Waals surface area contributed by atoms with Crippen LogP contribution in [0.4, 0.5) is 0 Å². The third-order valence-corrected chi connectivity index (χ3v) is 8.12. The molecule has 1 aliphatic heterocycles. The van der Waals surface area contributed by atoms with Gasteiger partial charge in [0.05, 0.1) is 29.5 Å². The first-order valence-electron chi connectivity index (χ1n) is 12.8. The molecule has 0 spiro atoms. The first-order chi connectivity index (χ1) is 19.8. The number of rotatable bonds is 8. The molecule has 1 atom stereocenters. The molecule has 0 aliphatic carbocycles. The number of carbonyl (C=O) groups excluding carboxylic acids is 1. The normalized spacial score (nSPS) is 14.9. The molecule has 3 aromatic carbocycles. The van der Waals surface area contributed by atoms with E-state index in [1.54, 1.807) is 45.2 Å². The van der Waals surface area contributed by atoms with Gasteiger partial charge in [0.25, 0.3) is 5.56 Å². The third-order valence-electron chi connectivity index (χ3n) is 6.55. The molecule has 4 aromatic rings. The molecule has 0 N–H and O–H groups in total. The van der Waals surface area contributed by atoms with E-state index in [9.17, 15) is 9.59 Å². The van der Waals surface area contributed by atoms with Gasteiger partial charge in [-0.2, -0.15) is 0 Å². The number of esters is 1. The highest BCUT2D eigenvalue weighted by Gasteiger charge is 2.35. The van der Waals surface area contributed by atoms with Crippen LogP contribution in [0.25, 0.3) is 6.08 Å². The van der Waals surface area contributed by atoms with E-state index in [0.717, 1.165) is 5.56 Å². The number of hydrogen-bond donors (Lipinski definition) is 0. The molecule has 0 amide bonds. The monoisotopic (exact) mass is 608 g/mol. The van der Waals surface area contributed by atoms with Crippen molar-refractivity contribution in [3.8, 4) is 11.5 Å². The zero-order valence-electron chi connectivity index (χ0n) is 22.5. The standard InChI is InChI=1S/C31H26Cl2N2O5S/c1-4-39-30(37)27-18(2)34-31-35(28(27)22-10-6-8-12-25(22)38-3)29(36)26(41-31)15-19-9-5-7-11-24(19)40-17-20-13-14-21(32)16-23(20)33/h5-16,28H,4,17H2,1-3H3/b26-15+/t28-/m1/s1. The first-order valence-corrected chi connectivity index (χ1v) is 14.4. The van der Waals surface area contributed by atoms with Crippen LogP contribution in [0.5, 0.6) is 11.5 Å². The van der Waals surface area contributed by atoms with Crippen molar-refractivity contribution in [2.75, 3.05) is 13.7 Å². The van der Waals surface area contributed by atoms with Crippen molar-refractivity contribution in [1.82, 2.24) is 4.57 Å². The fourth-order valence-corrected chi connectivity index (χ4v) is 6.15. The smallest absolute Gasteiger partial charge is 0.338 e. The minimum absolute atomic E-state index is 0.191.